The molecule has 0 unspecified atom stereocenters. The average Bonchev–Trinajstić information content (AvgIpc) is 2.35. The number of halogens is 1. The fourth-order valence-electron chi connectivity index (χ4n) is 1.21. The summed E-state index contributed by atoms with van der Waals surface area (Å²) in [6.45, 7) is 4.37. The van der Waals surface area contributed by atoms with Gasteiger partial charge in [0.25, 0.3) is 0 Å². The molecule has 1 rings (SSSR count). The first-order valence-corrected chi connectivity index (χ1v) is 4.09. The number of nitrogens with two attached hydrogens (primary N) is 1. The van der Waals surface area contributed by atoms with Crippen molar-refractivity contribution < 1.29 is 0 Å². The first-order valence-electron chi connectivity index (χ1n) is 4.09. The van der Waals surface area contributed by atoms with Gasteiger partial charge < -0.3 is 10.7 Å². The van der Waals surface area contributed by atoms with E-state index in [1.807, 2.05) is 18.3 Å². The van der Waals surface area contributed by atoms with Gasteiger partial charge in [-0.15, -0.1) is 12.4 Å². The topological polar surface area (TPSA) is 41.8 Å². The molecule has 0 fully saturated rings. The lowest BCUT2D eigenvalue weighted by atomic mass is 10.0. The van der Waals surface area contributed by atoms with Crippen LogP contribution < -0.4 is 5.73 Å². The Morgan fingerprint density at radius 1 is 1.50 bits per heavy atom. The van der Waals surface area contributed by atoms with Crippen molar-refractivity contribution >= 4 is 12.4 Å². The van der Waals surface area contributed by atoms with Crippen molar-refractivity contribution in [3.63, 3.8) is 0 Å². The Hall–Kier alpha value is -0.470. The zero-order valence-corrected chi connectivity index (χ0v) is 8.40. The van der Waals surface area contributed by atoms with Gasteiger partial charge in [-0.05, 0) is 24.5 Å². The molecule has 0 saturated heterocycles. The van der Waals surface area contributed by atoms with Gasteiger partial charge in [0.15, 0.2) is 0 Å². The van der Waals surface area contributed by atoms with E-state index in [-0.39, 0.29) is 18.4 Å². The monoisotopic (exact) mass is 188 g/mol. The molecule has 1 aromatic rings. The summed E-state index contributed by atoms with van der Waals surface area (Å²) in [6, 6.07) is 4.19. The average molecular weight is 189 g/mol. The van der Waals surface area contributed by atoms with E-state index >= 15 is 0 Å². The summed E-state index contributed by atoms with van der Waals surface area (Å²) >= 11 is 0. The van der Waals surface area contributed by atoms with Crippen LogP contribution in [0, 0.1) is 5.92 Å². The molecule has 0 radical (unpaired) electrons. The Morgan fingerprint density at radius 2 is 2.17 bits per heavy atom. The quantitative estimate of drug-likeness (QED) is 0.752. The van der Waals surface area contributed by atoms with Crippen molar-refractivity contribution in [2.75, 3.05) is 0 Å². The van der Waals surface area contributed by atoms with E-state index in [4.69, 9.17) is 5.73 Å². The zero-order valence-electron chi connectivity index (χ0n) is 7.58. The maximum Gasteiger partial charge on any atom is 0.0450 e. The molecule has 0 aliphatic carbocycles. The van der Waals surface area contributed by atoms with E-state index < -0.39 is 0 Å². The highest BCUT2D eigenvalue weighted by Gasteiger charge is 2.07. The number of hydrogen-bond donors (Lipinski definition) is 2. The third kappa shape index (κ3) is 3.28. The van der Waals surface area contributed by atoms with Crippen LogP contribution >= 0.6 is 12.4 Å². The summed E-state index contributed by atoms with van der Waals surface area (Å²) in [5.74, 6) is 0.660. The van der Waals surface area contributed by atoms with Crippen molar-refractivity contribution in [1.82, 2.24) is 4.98 Å². The van der Waals surface area contributed by atoms with E-state index in [9.17, 15) is 0 Å². The standard InChI is InChI=1S/C9H16N2.ClH/c1-7(2)6-8(10)9-4-3-5-11-9;/h3-5,7-8,11H,6,10H2,1-2H3;1H/t8-;/m0./s1. The summed E-state index contributed by atoms with van der Waals surface area (Å²) in [5.41, 5.74) is 7.05. The number of hydrogen-bond acceptors (Lipinski definition) is 1. The number of aromatic amines is 1. The summed E-state index contributed by atoms with van der Waals surface area (Å²) in [7, 11) is 0. The molecule has 0 bridgehead atoms. The predicted molar refractivity (Wildman–Crippen MR) is 54.4 cm³/mol. The highest BCUT2D eigenvalue weighted by molar-refractivity contribution is 5.85. The summed E-state index contributed by atoms with van der Waals surface area (Å²) in [6.07, 6.45) is 2.95. The number of nitrogens with one attached hydrogen (secondary N) is 1. The van der Waals surface area contributed by atoms with Crippen LogP contribution in [0.1, 0.15) is 32.0 Å². The molecule has 1 heterocycles. The zero-order chi connectivity index (χ0) is 8.27. The molecule has 2 nitrogen and oxygen atoms in total. The minimum Gasteiger partial charge on any atom is -0.364 e. The number of H-pyrrole nitrogens is 1. The largest absolute Gasteiger partial charge is 0.364 e. The molecule has 12 heavy (non-hydrogen) atoms. The van der Waals surface area contributed by atoms with Crippen molar-refractivity contribution in [2.24, 2.45) is 11.7 Å². The maximum absolute atomic E-state index is 5.91. The lowest BCUT2D eigenvalue weighted by Gasteiger charge is -2.11. The van der Waals surface area contributed by atoms with Crippen molar-refractivity contribution in [3.8, 4) is 0 Å². The molecular weight excluding hydrogens is 172 g/mol. The minimum atomic E-state index is 0. The minimum absolute atomic E-state index is 0. The molecule has 1 aromatic heterocycles. The maximum atomic E-state index is 5.91. The molecule has 3 N–H and O–H groups in total. The van der Waals surface area contributed by atoms with Crippen LogP contribution in [0.2, 0.25) is 0 Å². The first-order chi connectivity index (χ1) is 5.20. The van der Waals surface area contributed by atoms with Gasteiger partial charge in [0.05, 0.1) is 0 Å². The van der Waals surface area contributed by atoms with E-state index in [1.54, 1.807) is 0 Å². The highest BCUT2D eigenvalue weighted by atomic mass is 35.5. The van der Waals surface area contributed by atoms with Gasteiger partial charge in [-0.2, -0.15) is 0 Å². The first kappa shape index (κ1) is 11.5. The second-order valence-electron chi connectivity index (χ2n) is 3.36. The van der Waals surface area contributed by atoms with Crippen molar-refractivity contribution in [2.45, 2.75) is 26.3 Å². The van der Waals surface area contributed by atoms with Gasteiger partial charge in [-0.1, -0.05) is 13.8 Å². The smallest absolute Gasteiger partial charge is 0.0450 e. The molecule has 70 valence electrons. The molecule has 1 atom stereocenters. The summed E-state index contributed by atoms with van der Waals surface area (Å²) in [5, 5.41) is 0. The summed E-state index contributed by atoms with van der Waals surface area (Å²) < 4.78 is 0. The molecule has 0 spiro atoms. The van der Waals surface area contributed by atoms with E-state index in [2.05, 4.69) is 18.8 Å². The Kier molecular flexibility index (Phi) is 5.02. The van der Waals surface area contributed by atoms with Crippen LogP contribution in [-0.2, 0) is 0 Å². The highest BCUT2D eigenvalue weighted by Crippen LogP contribution is 2.16. The molecule has 0 aromatic carbocycles. The van der Waals surface area contributed by atoms with E-state index in [0.717, 1.165) is 12.1 Å². The Balaban J connectivity index is 0.00000121. The second kappa shape index (κ2) is 5.22. The van der Waals surface area contributed by atoms with Gasteiger partial charge in [0, 0.05) is 17.9 Å². The molecule has 0 amide bonds. The van der Waals surface area contributed by atoms with Gasteiger partial charge in [0.2, 0.25) is 0 Å². The molecular formula is C9H17ClN2. The predicted octanol–water partition coefficient (Wildman–Crippen LogP) is 2.48. The Bertz CT molecular complexity index is 194. The van der Waals surface area contributed by atoms with Crippen LogP contribution in [0.4, 0.5) is 0 Å². The fraction of sp³-hybridized carbons (Fsp3) is 0.556. The lowest BCUT2D eigenvalue weighted by molar-refractivity contribution is 0.503. The molecule has 3 heteroatoms. The van der Waals surface area contributed by atoms with E-state index in [0.29, 0.717) is 5.92 Å². The van der Waals surface area contributed by atoms with Crippen molar-refractivity contribution in [3.05, 3.63) is 24.0 Å². The molecule has 0 aliphatic heterocycles. The third-order valence-electron chi connectivity index (χ3n) is 1.75. The van der Waals surface area contributed by atoms with Crippen molar-refractivity contribution in [1.29, 1.82) is 0 Å². The summed E-state index contributed by atoms with van der Waals surface area (Å²) in [4.78, 5) is 3.12. The van der Waals surface area contributed by atoms with Gasteiger partial charge >= 0.3 is 0 Å². The number of aromatic nitrogens is 1. The lowest BCUT2D eigenvalue weighted by Crippen LogP contribution is -2.12. The Morgan fingerprint density at radius 3 is 2.58 bits per heavy atom. The van der Waals surface area contributed by atoms with Crippen LogP contribution in [0.15, 0.2) is 18.3 Å². The fourth-order valence-corrected chi connectivity index (χ4v) is 1.21. The second-order valence-corrected chi connectivity index (χ2v) is 3.36. The van der Waals surface area contributed by atoms with Gasteiger partial charge in [-0.25, -0.2) is 0 Å². The third-order valence-corrected chi connectivity index (χ3v) is 1.75. The van der Waals surface area contributed by atoms with Crippen LogP contribution in [0.3, 0.4) is 0 Å². The molecule has 0 saturated carbocycles. The van der Waals surface area contributed by atoms with Crippen LogP contribution in [0.25, 0.3) is 0 Å². The molecule has 0 aliphatic rings. The Labute approximate surface area is 80.0 Å². The van der Waals surface area contributed by atoms with E-state index in [1.165, 1.54) is 0 Å². The van der Waals surface area contributed by atoms with Gasteiger partial charge in [0.1, 0.15) is 0 Å². The van der Waals surface area contributed by atoms with Crippen LogP contribution in [-0.4, -0.2) is 4.98 Å². The van der Waals surface area contributed by atoms with Crippen LogP contribution in [0.5, 0.6) is 0 Å². The van der Waals surface area contributed by atoms with Gasteiger partial charge in [-0.3, -0.25) is 0 Å². The SMILES string of the molecule is CC(C)C[C@H](N)c1ccc[nH]1.Cl. The normalized spacial score (nSPS) is 12.7. The number of rotatable bonds is 3.